The number of carbonyl (C=O) groups excluding carboxylic acids is 1. The number of pyridine rings is 1. The van der Waals surface area contributed by atoms with Crippen molar-refractivity contribution in [3.8, 4) is 5.75 Å². The van der Waals surface area contributed by atoms with Crippen LogP contribution < -0.4 is 15.8 Å². The smallest absolute Gasteiger partial charge is 0.270 e. The van der Waals surface area contributed by atoms with E-state index in [-0.39, 0.29) is 17.6 Å². The van der Waals surface area contributed by atoms with Gasteiger partial charge in [-0.2, -0.15) is 0 Å². The lowest BCUT2D eigenvalue weighted by Crippen LogP contribution is -2.41. The number of carbonyl (C=O) groups is 1. The van der Waals surface area contributed by atoms with Crippen LogP contribution in [-0.2, 0) is 0 Å². The van der Waals surface area contributed by atoms with E-state index in [0.29, 0.717) is 17.8 Å². The first-order chi connectivity index (χ1) is 10.8. The van der Waals surface area contributed by atoms with Crippen LogP contribution in [0.15, 0.2) is 41.0 Å². The fraction of sp³-hybridized carbons (Fsp3) is 0.294. The molecule has 2 aromatic rings. The van der Waals surface area contributed by atoms with Crippen molar-refractivity contribution < 1.29 is 9.53 Å². The van der Waals surface area contributed by atoms with Crippen LogP contribution in [0.4, 0.5) is 5.69 Å². The van der Waals surface area contributed by atoms with Gasteiger partial charge in [-0.3, -0.25) is 4.79 Å². The van der Waals surface area contributed by atoms with Gasteiger partial charge in [-0.25, -0.2) is 4.98 Å². The molecule has 0 aliphatic carbocycles. The van der Waals surface area contributed by atoms with Gasteiger partial charge < -0.3 is 15.8 Å². The van der Waals surface area contributed by atoms with Gasteiger partial charge in [0.25, 0.3) is 5.91 Å². The average Bonchev–Trinajstić information content (AvgIpc) is 2.48. The molecular formula is C17H18BrN3O2. The van der Waals surface area contributed by atoms with E-state index >= 15 is 0 Å². The summed E-state index contributed by atoms with van der Waals surface area (Å²) < 4.78 is 6.81. The first-order valence-corrected chi connectivity index (χ1v) is 8.14. The minimum absolute atomic E-state index is 0.171. The molecule has 1 aliphatic rings. The summed E-state index contributed by atoms with van der Waals surface area (Å²) in [5, 5.41) is 3.04. The molecule has 1 aliphatic heterocycles. The molecule has 0 saturated carbocycles. The molecule has 1 aromatic carbocycles. The summed E-state index contributed by atoms with van der Waals surface area (Å²) in [6.45, 7) is 4.01. The van der Waals surface area contributed by atoms with Crippen LogP contribution in [0.1, 0.15) is 42.4 Å². The molecule has 1 aromatic heterocycles. The minimum atomic E-state index is -0.367. The minimum Gasteiger partial charge on any atom is -0.487 e. The fourth-order valence-corrected chi connectivity index (χ4v) is 2.98. The third kappa shape index (κ3) is 3.47. The number of hydrogen-bond donors (Lipinski definition) is 2. The van der Waals surface area contributed by atoms with Crippen molar-refractivity contribution in [2.45, 2.75) is 31.9 Å². The van der Waals surface area contributed by atoms with Crippen molar-refractivity contribution >= 4 is 27.5 Å². The molecule has 1 unspecified atom stereocenters. The van der Waals surface area contributed by atoms with Gasteiger partial charge in [-0.15, -0.1) is 0 Å². The van der Waals surface area contributed by atoms with Crippen molar-refractivity contribution in [2.24, 2.45) is 0 Å². The summed E-state index contributed by atoms with van der Waals surface area (Å²) in [6, 6.07) is 8.81. The SMILES string of the molecule is CC1(C)CC(NC(=O)c2ccc(Br)cn2)c2cc(N)ccc2O1. The zero-order valence-electron chi connectivity index (χ0n) is 13.0. The van der Waals surface area contributed by atoms with Gasteiger partial charge in [0.05, 0.1) is 6.04 Å². The third-order valence-electron chi connectivity index (χ3n) is 3.76. The van der Waals surface area contributed by atoms with Gasteiger partial charge >= 0.3 is 0 Å². The summed E-state index contributed by atoms with van der Waals surface area (Å²) in [5.41, 5.74) is 7.44. The number of fused-ring (bicyclic) bond motifs is 1. The highest BCUT2D eigenvalue weighted by atomic mass is 79.9. The summed E-state index contributed by atoms with van der Waals surface area (Å²) in [6.07, 6.45) is 2.26. The van der Waals surface area contributed by atoms with E-state index in [0.717, 1.165) is 15.8 Å². The molecule has 120 valence electrons. The number of ether oxygens (including phenoxy) is 1. The number of amides is 1. The lowest BCUT2D eigenvalue weighted by molar-refractivity contribution is 0.0618. The number of nitrogens with one attached hydrogen (secondary N) is 1. The number of anilines is 1. The highest BCUT2D eigenvalue weighted by Crippen LogP contribution is 2.40. The number of nitrogens with zero attached hydrogens (tertiary/aromatic N) is 1. The molecule has 0 bridgehead atoms. The highest BCUT2D eigenvalue weighted by molar-refractivity contribution is 9.10. The molecule has 0 fully saturated rings. The lowest BCUT2D eigenvalue weighted by Gasteiger charge is -2.38. The van der Waals surface area contributed by atoms with Gasteiger partial charge in [0.15, 0.2) is 0 Å². The maximum Gasteiger partial charge on any atom is 0.270 e. The third-order valence-corrected chi connectivity index (χ3v) is 4.23. The molecule has 23 heavy (non-hydrogen) atoms. The number of nitrogen functional groups attached to an aromatic ring is 1. The molecule has 3 N–H and O–H groups in total. The Balaban J connectivity index is 1.88. The van der Waals surface area contributed by atoms with Gasteiger partial charge in [0, 0.05) is 28.3 Å². The molecule has 6 heteroatoms. The Labute approximate surface area is 143 Å². The van der Waals surface area contributed by atoms with Crippen molar-refractivity contribution in [1.29, 1.82) is 0 Å². The fourth-order valence-electron chi connectivity index (χ4n) is 2.74. The number of hydrogen-bond acceptors (Lipinski definition) is 4. The van der Waals surface area contributed by atoms with Crippen molar-refractivity contribution in [2.75, 3.05) is 5.73 Å². The molecule has 5 nitrogen and oxygen atoms in total. The molecule has 0 spiro atoms. The summed E-state index contributed by atoms with van der Waals surface area (Å²) in [4.78, 5) is 16.6. The normalized spacial score (nSPS) is 18.7. The summed E-state index contributed by atoms with van der Waals surface area (Å²) in [7, 11) is 0. The Bertz CT molecular complexity index is 744. The average molecular weight is 376 g/mol. The largest absolute Gasteiger partial charge is 0.487 e. The van der Waals surface area contributed by atoms with E-state index in [2.05, 4.69) is 26.2 Å². The molecule has 1 atom stereocenters. The van der Waals surface area contributed by atoms with E-state index < -0.39 is 0 Å². The number of halogens is 1. The van der Waals surface area contributed by atoms with Crippen LogP contribution in [0, 0.1) is 0 Å². The zero-order valence-corrected chi connectivity index (χ0v) is 14.6. The van der Waals surface area contributed by atoms with Crippen molar-refractivity contribution in [1.82, 2.24) is 10.3 Å². The second-order valence-electron chi connectivity index (χ2n) is 6.25. The zero-order chi connectivity index (χ0) is 16.6. The van der Waals surface area contributed by atoms with Gasteiger partial charge in [-0.05, 0) is 60.1 Å². The first-order valence-electron chi connectivity index (χ1n) is 7.35. The molecular weight excluding hydrogens is 358 g/mol. The van der Waals surface area contributed by atoms with E-state index in [1.165, 1.54) is 0 Å². The van der Waals surface area contributed by atoms with Crippen LogP contribution >= 0.6 is 15.9 Å². The number of rotatable bonds is 2. The second-order valence-corrected chi connectivity index (χ2v) is 7.17. The van der Waals surface area contributed by atoms with Crippen molar-refractivity contribution in [3.63, 3.8) is 0 Å². The second kappa shape index (κ2) is 5.85. The van der Waals surface area contributed by atoms with Crippen molar-refractivity contribution in [3.05, 3.63) is 52.3 Å². The maximum absolute atomic E-state index is 12.5. The van der Waals surface area contributed by atoms with E-state index in [9.17, 15) is 4.79 Å². The van der Waals surface area contributed by atoms with E-state index in [1.807, 2.05) is 26.0 Å². The quantitative estimate of drug-likeness (QED) is 0.787. The lowest BCUT2D eigenvalue weighted by atomic mass is 9.89. The predicted molar refractivity (Wildman–Crippen MR) is 92.3 cm³/mol. The van der Waals surface area contributed by atoms with E-state index in [4.69, 9.17) is 10.5 Å². The predicted octanol–water partition coefficient (Wildman–Crippen LogP) is 3.46. The van der Waals surface area contributed by atoms with Crippen LogP contribution in [0.25, 0.3) is 0 Å². The van der Waals surface area contributed by atoms with Gasteiger partial charge in [0.1, 0.15) is 17.0 Å². The molecule has 2 heterocycles. The molecule has 1 amide bonds. The van der Waals surface area contributed by atoms with Gasteiger partial charge in [0.2, 0.25) is 0 Å². The molecule has 3 rings (SSSR count). The Hall–Kier alpha value is -2.08. The van der Waals surface area contributed by atoms with E-state index in [1.54, 1.807) is 24.4 Å². The van der Waals surface area contributed by atoms with Crippen LogP contribution in [-0.4, -0.2) is 16.5 Å². The Kier molecular flexibility index (Phi) is 4.02. The Morgan fingerprint density at radius 3 is 2.87 bits per heavy atom. The first kappa shape index (κ1) is 15.8. The Morgan fingerprint density at radius 2 is 2.17 bits per heavy atom. The van der Waals surface area contributed by atoms with Crippen LogP contribution in [0.2, 0.25) is 0 Å². The maximum atomic E-state index is 12.5. The number of aromatic nitrogens is 1. The van der Waals surface area contributed by atoms with Crippen LogP contribution in [0.5, 0.6) is 5.75 Å². The van der Waals surface area contributed by atoms with Crippen LogP contribution in [0.3, 0.4) is 0 Å². The topological polar surface area (TPSA) is 77.2 Å². The standard InChI is InChI=1S/C17H18BrN3O2/c1-17(2)8-14(12-7-11(19)4-6-15(12)23-17)21-16(22)13-5-3-10(18)9-20-13/h3-7,9,14H,8,19H2,1-2H3,(H,21,22). The summed E-state index contributed by atoms with van der Waals surface area (Å²) in [5.74, 6) is 0.540. The molecule has 0 radical (unpaired) electrons. The number of benzene rings is 1. The molecule has 0 saturated heterocycles. The number of nitrogens with two attached hydrogens (primary N) is 1. The monoisotopic (exact) mass is 375 g/mol. The summed E-state index contributed by atoms with van der Waals surface area (Å²) >= 11 is 3.31. The highest BCUT2D eigenvalue weighted by Gasteiger charge is 2.34. The Morgan fingerprint density at radius 1 is 1.39 bits per heavy atom. The van der Waals surface area contributed by atoms with Gasteiger partial charge in [-0.1, -0.05) is 0 Å².